The summed E-state index contributed by atoms with van der Waals surface area (Å²) in [6.07, 6.45) is 7.15. The Hall–Kier alpha value is -2.21. The molecule has 120 valence electrons. The number of halogens is 1. The lowest BCUT2D eigenvalue weighted by Crippen LogP contribution is -2.29. The van der Waals surface area contributed by atoms with Gasteiger partial charge in [-0.3, -0.25) is 9.78 Å². The maximum absolute atomic E-state index is 12.5. The summed E-state index contributed by atoms with van der Waals surface area (Å²) in [5.74, 6) is 0.250. The predicted octanol–water partition coefficient (Wildman–Crippen LogP) is 2.62. The summed E-state index contributed by atoms with van der Waals surface area (Å²) >= 11 is 6.11. The molecule has 1 aliphatic heterocycles. The number of nitrogens with one attached hydrogen (secondary N) is 1. The maximum Gasteiger partial charge on any atom is 0.272 e. The van der Waals surface area contributed by atoms with Crippen LogP contribution in [0.15, 0.2) is 30.7 Å². The first kappa shape index (κ1) is 15.7. The van der Waals surface area contributed by atoms with Crippen LogP contribution in [0.5, 0.6) is 0 Å². The van der Waals surface area contributed by atoms with Crippen LogP contribution in [0.1, 0.15) is 41.9 Å². The molecule has 0 aromatic carbocycles. The standard InChI is InChI=1S/C16H18ClN5O/c1-11(12-5-4-6-18-9-12)20-15(23)14-13(17)10-19-16(21-14)22-7-2-3-8-22/h4-6,9-11H,2-3,7-8H2,1H3,(H,20,23). The van der Waals surface area contributed by atoms with E-state index >= 15 is 0 Å². The molecular formula is C16H18ClN5O. The van der Waals surface area contributed by atoms with Gasteiger partial charge in [0.25, 0.3) is 5.91 Å². The molecule has 6 nitrogen and oxygen atoms in total. The Labute approximate surface area is 139 Å². The number of pyridine rings is 1. The van der Waals surface area contributed by atoms with E-state index in [9.17, 15) is 4.79 Å². The van der Waals surface area contributed by atoms with Gasteiger partial charge in [-0.05, 0) is 31.4 Å². The summed E-state index contributed by atoms with van der Waals surface area (Å²) in [5, 5.41) is 3.15. The highest BCUT2D eigenvalue weighted by molar-refractivity contribution is 6.33. The molecule has 2 aromatic rings. The molecule has 0 saturated carbocycles. The van der Waals surface area contributed by atoms with Gasteiger partial charge in [0.15, 0.2) is 5.69 Å². The third-order valence-electron chi connectivity index (χ3n) is 3.87. The van der Waals surface area contributed by atoms with E-state index in [4.69, 9.17) is 11.6 Å². The van der Waals surface area contributed by atoms with E-state index < -0.39 is 0 Å². The van der Waals surface area contributed by atoms with Crippen LogP contribution in [0.3, 0.4) is 0 Å². The largest absolute Gasteiger partial charge is 0.344 e. The summed E-state index contributed by atoms with van der Waals surface area (Å²) in [6.45, 7) is 3.72. The van der Waals surface area contributed by atoms with Crippen molar-refractivity contribution in [3.63, 3.8) is 0 Å². The minimum Gasteiger partial charge on any atom is -0.344 e. The highest BCUT2D eigenvalue weighted by atomic mass is 35.5. The molecule has 0 bridgehead atoms. The molecule has 0 radical (unpaired) electrons. The molecule has 2 aromatic heterocycles. The van der Waals surface area contributed by atoms with Crippen molar-refractivity contribution in [2.45, 2.75) is 25.8 Å². The van der Waals surface area contributed by atoms with Crippen molar-refractivity contribution in [1.82, 2.24) is 20.3 Å². The zero-order valence-corrected chi connectivity index (χ0v) is 13.6. The Bertz CT molecular complexity index is 688. The zero-order chi connectivity index (χ0) is 16.2. The summed E-state index contributed by atoms with van der Waals surface area (Å²) in [7, 11) is 0. The van der Waals surface area contributed by atoms with Gasteiger partial charge in [-0.15, -0.1) is 0 Å². The van der Waals surface area contributed by atoms with Crippen LogP contribution in [-0.2, 0) is 0 Å². The number of hydrogen-bond donors (Lipinski definition) is 1. The van der Waals surface area contributed by atoms with Gasteiger partial charge in [-0.1, -0.05) is 17.7 Å². The normalized spacial score (nSPS) is 15.5. The first-order valence-corrected chi connectivity index (χ1v) is 8.01. The second kappa shape index (κ2) is 6.91. The topological polar surface area (TPSA) is 71.0 Å². The molecule has 23 heavy (non-hydrogen) atoms. The number of aromatic nitrogens is 3. The Morgan fingerprint density at radius 2 is 2.13 bits per heavy atom. The third-order valence-corrected chi connectivity index (χ3v) is 4.14. The van der Waals surface area contributed by atoms with Crippen LogP contribution in [-0.4, -0.2) is 33.9 Å². The molecule has 0 aliphatic carbocycles. The summed E-state index contributed by atoms with van der Waals surface area (Å²) < 4.78 is 0. The van der Waals surface area contributed by atoms with Gasteiger partial charge < -0.3 is 10.2 Å². The number of carbonyl (C=O) groups is 1. The number of hydrogen-bond acceptors (Lipinski definition) is 5. The van der Waals surface area contributed by atoms with Crippen molar-refractivity contribution in [2.24, 2.45) is 0 Å². The molecule has 0 spiro atoms. The van der Waals surface area contributed by atoms with Gasteiger partial charge in [-0.2, -0.15) is 0 Å². The van der Waals surface area contributed by atoms with Crippen molar-refractivity contribution in [3.8, 4) is 0 Å². The smallest absolute Gasteiger partial charge is 0.272 e. The van der Waals surface area contributed by atoms with Crippen molar-refractivity contribution >= 4 is 23.5 Å². The van der Waals surface area contributed by atoms with Crippen LogP contribution in [0.4, 0.5) is 5.95 Å². The van der Waals surface area contributed by atoms with Crippen LogP contribution in [0.2, 0.25) is 5.02 Å². The fourth-order valence-electron chi connectivity index (χ4n) is 2.57. The first-order valence-electron chi connectivity index (χ1n) is 7.63. The first-order chi connectivity index (χ1) is 11.1. The Morgan fingerprint density at radius 1 is 1.35 bits per heavy atom. The molecule has 1 fully saturated rings. The molecule has 1 amide bonds. The average Bonchev–Trinajstić information content (AvgIpc) is 3.10. The second-order valence-corrected chi connectivity index (χ2v) is 5.95. The van der Waals surface area contributed by atoms with Crippen molar-refractivity contribution in [2.75, 3.05) is 18.0 Å². The number of amides is 1. The number of carbonyl (C=O) groups excluding carboxylic acids is 1. The van der Waals surface area contributed by atoms with Crippen molar-refractivity contribution < 1.29 is 4.79 Å². The second-order valence-electron chi connectivity index (χ2n) is 5.54. The van der Waals surface area contributed by atoms with Crippen LogP contribution in [0.25, 0.3) is 0 Å². The van der Waals surface area contributed by atoms with Gasteiger partial charge in [0, 0.05) is 25.5 Å². The molecular weight excluding hydrogens is 314 g/mol. The Kier molecular flexibility index (Phi) is 4.71. The monoisotopic (exact) mass is 331 g/mol. The van der Waals surface area contributed by atoms with Crippen molar-refractivity contribution in [3.05, 3.63) is 47.0 Å². The van der Waals surface area contributed by atoms with Crippen LogP contribution in [0, 0.1) is 0 Å². The lowest BCUT2D eigenvalue weighted by Gasteiger charge is -2.17. The highest BCUT2D eigenvalue weighted by Gasteiger charge is 2.20. The van der Waals surface area contributed by atoms with E-state index in [2.05, 4.69) is 25.2 Å². The number of nitrogens with zero attached hydrogens (tertiary/aromatic N) is 4. The third kappa shape index (κ3) is 3.59. The van der Waals surface area contributed by atoms with E-state index in [0.717, 1.165) is 31.5 Å². The van der Waals surface area contributed by atoms with Gasteiger partial charge in [0.1, 0.15) is 0 Å². The van der Waals surface area contributed by atoms with Gasteiger partial charge in [0.2, 0.25) is 5.95 Å². The Balaban J connectivity index is 1.77. The summed E-state index contributed by atoms with van der Waals surface area (Å²) in [6, 6.07) is 3.56. The van der Waals surface area contributed by atoms with Crippen LogP contribution < -0.4 is 10.2 Å². The predicted molar refractivity (Wildman–Crippen MR) is 88.6 cm³/mol. The molecule has 7 heteroatoms. The van der Waals surface area contributed by atoms with Gasteiger partial charge >= 0.3 is 0 Å². The molecule has 1 aliphatic rings. The number of rotatable bonds is 4. The molecule has 3 rings (SSSR count). The fourth-order valence-corrected chi connectivity index (χ4v) is 2.74. The lowest BCUT2D eigenvalue weighted by atomic mass is 10.1. The maximum atomic E-state index is 12.5. The molecule has 3 heterocycles. The van der Waals surface area contributed by atoms with Gasteiger partial charge in [-0.25, -0.2) is 9.97 Å². The fraction of sp³-hybridized carbons (Fsp3) is 0.375. The van der Waals surface area contributed by atoms with Crippen molar-refractivity contribution in [1.29, 1.82) is 0 Å². The Morgan fingerprint density at radius 3 is 2.83 bits per heavy atom. The number of anilines is 1. The van der Waals surface area contributed by atoms with E-state index in [1.54, 1.807) is 12.4 Å². The van der Waals surface area contributed by atoms with E-state index in [-0.39, 0.29) is 22.7 Å². The minimum absolute atomic E-state index is 0.183. The average molecular weight is 332 g/mol. The minimum atomic E-state index is -0.311. The molecule has 1 saturated heterocycles. The molecule has 1 N–H and O–H groups in total. The van der Waals surface area contributed by atoms with E-state index in [0.29, 0.717) is 5.95 Å². The molecule has 1 atom stereocenters. The zero-order valence-electron chi connectivity index (χ0n) is 12.9. The van der Waals surface area contributed by atoms with E-state index in [1.807, 2.05) is 19.1 Å². The van der Waals surface area contributed by atoms with Gasteiger partial charge in [0.05, 0.1) is 17.3 Å². The van der Waals surface area contributed by atoms with E-state index in [1.165, 1.54) is 6.20 Å². The lowest BCUT2D eigenvalue weighted by molar-refractivity contribution is 0.0935. The van der Waals surface area contributed by atoms with Crippen LogP contribution >= 0.6 is 11.6 Å². The SMILES string of the molecule is CC(NC(=O)c1nc(N2CCCC2)ncc1Cl)c1cccnc1. The summed E-state index contributed by atoms with van der Waals surface area (Å²) in [5.41, 5.74) is 1.13. The quantitative estimate of drug-likeness (QED) is 0.932. The molecule has 1 unspecified atom stereocenters. The summed E-state index contributed by atoms with van der Waals surface area (Å²) in [4.78, 5) is 27.2. The highest BCUT2D eigenvalue weighted by Crippen LogP contribution is 2.20.